The van der Waals surface area contributed by atoms with Gasteiger partial charge in [0.05, 0.1) is 5.02 Å². The van der Waals surface area contributed by atoms with Crippen molar-refractivity contribution in [3.05, 3.63) is 76.6 Å². The molecule has 3 saturated heterocycles. The largest absolute Gasteiger partial charge is 0.372 e. The molecule has 0 saturated carbocycles. The van der Waals surface area contributed by atoms with Crippen molar-refractivity contribution in [1.29, 1.82) is 0 Å². The van der Waals surface area contributed by atoms with Crippen molar-refractivity contribution >= 4 is 57.8 Å². The molecule has 8 rings (SSSR count). The number of anilines is 2. The lowest BCUT2D eigenvalue weighted by molar-refractivity contribution is -0.136. The van der Waals surface area contributed by atoms with Gasteiger partial charge in [-0.1, -0.05) is 23.7 Å². The number of hydrogen-bond donors (Lipinski definition) is 2. The smallest absolute Gasteiger partial charge is 0.324 e. The van der Waals surface area contributed by atoms with Crippen LogP contribution in [0.5, 0.6) is 0 Å². The Labute approximate surface area is 303 Å². The maximum Gasteiger partial charge on any atom is 0.324 e. The number of amides is 5. The number of aromatic nitrogens is 2. The molecule has 14 heteroatoms. The van der Waals surface area contributed by atoms with Crippen molar-refractivity contribution in [2.75, 3.05) is 42.5 Å². The van der Waals surface area contributed by atoms with E-state index in [2.05, 4.69) is 20.2 Å². The number of aromatic amines is 1. The number of piperidine rings is 2. The summed E-state index contributed by atoms with van der Waals surface area (Å²) in [6.07, 6.45) is 3.43. The highest BCUT2D eigenvalue weighted by Crippen LogP contribution is 2.38. The second-order valence-electron chi connectivity index (χ2n) is 14.1. The molecular formula is C38H38ClF2N7O4. The Hall–Kier alpha value is -5.04. The Kier molecular flexibility index (Phi) is 9.06. The average Bonchev–Trinajstić information content (AvgIpc) is 3.69. The third-order valence-corrected chi connectivity index (χ3v) is 11.2. The highest BCUT2D eigenvalue weighted by Gasteiger charge is 2.39. The summed E-state index contributed by atoms with van der Waals surface area (Å²) in [4.78, 5) is 66.0. The molecule has 1 atom stereocenters. The normalized spacial score (nSPS) is 20.0. The van der Waals surface area contributed by atoms with Gasteiger partial charge in [-0.15, -0.1) is 0 Å². The van der Waals surface area contributed by atoms with Crippen LogP contribution in [0.3, 0.4) is 0 Å². The van der Waals surface area contributed by atoms with Crippen molar-refractivity contribution in [1.82, 2.24) is 25.1 Å². The summed E-state index contributed by atoms with van der Waals surface area (Å²) in [5.74, 6) is -0.559. The molecule has 4 aliphatic rings. The zero-order chi connectivity index (χ0) is 36.1. The molecule has 6 heterocycles. The van der Waals surface area contributed by atoms with Crippen molar-refractivity contribution < 1.29 is 28.0 Å². The molecule has 0 spiro atoms. The number of nitrogens with zero attached hydrogens (tertiary/aromatic N) is 5. The molecule has 3 fully saturated rings. The number of halogens is 3. The van der Waals surface area contributed by atoms with E-state index in [1.807, 2.05) is 47.4 Å². The monoisotopic (exact) mass is 729 g/mol. The molecule has 5 amide bonds. The lowest BCUT2D eigenvalue weighted by Crippen LogP contribution is -2.52. The van der Waals surface area contributed by atoms with Gasteiger partial charge in [-0.05, 0) is 78.6 Å². The average molecular weight is 730 g/mol. The number of nitrogens with one attached hydrogen (secondary N) is 2. The summed E-state index contributed by atoms with van der Waals surface area (Å²) in [6.45, 7) is 3.92. The van der Waals surface area contributed by atoms with Crippen LogP contribution < -0.4 is 15.1 Å². The predicted molar refractivity (Wildman–Crippen MR) is 193 cm³/mol. The summed E-state index contributed by atoms with van der Waals surface area (Å²) >= 11 is 6.79. The van der Waals surface area contributed by atoms with Gasteiger partial charge in [-0.25, -0.2) is 18.6 Å². The lowest BCUT2D eigenvalue weighted by Gasteiger charge is -2.40. The molecule has 4 aliphatic heterocycles. The molecule has 2 aromatic heterocycles. The van der Waals surface area contributed by atoms with Crippen LogP contribution in [0.2, 0.25) is 5.02 Å². The first-order valence-corrected chi connectivity index (χ1v) is 18.1. The second-order valence-corrected chi connectivity index (χ2v) is 14.5. The van der Waals surface area contributed by atoms with Crippen LogP contribution in [0.4, 0.5) is 25.0 Å². The minimum atomic E-state index is -2.51. The van der Waals surface area contributed by atoms with Gasteiger partial charge in [-0.3, -0.25) is 24.6 Å². The van der Waals surface area contributed by atoms with Crippen molar-refractivity contribution in [3.63, 3.8) is 0 Å². The number of benzene rings is 2. The predicted octanol–water partition coefficient (Wildman–Crippen LogP) is 6.00. The number of carbonyl (C=O) groups is 4. The Balaban J connectivity index is 0.902. The van der Waals surface area contributed by atoms with Gasteiger partial charge in [0, 0.05) is 92.4 Å². The summed E-state index contributed by atoms with van der Waals surface area (Å²) in [5, 5.41) is 3.18. The van der Waals surface area contributed by atoms with E-state index in [1.54, 1.807) is 16.0 Å². The first kappa shape index (κ1) is 34.1. The number of imide groups is 1. The first-order valence-electron chi connectivity index (χ1n) is 17.8. The van der Waals surface area contributed by atoms with Crippen molar-refractivity contribution in [3.8, 4) is 11.1 Å². The molecule has 4 aromatic rings. The van der Waals surface area contributed by atoms with Crippen LogP contribution in [0, 0.1) is 5.92 Å². The van der Waals surface area contributed by atoms with E-state index in [0.29, 0.717) is 71.3 Å². The third kappa shape index (κ3) is 6.35. The first-order chi connectivity index (χ1) is 25.1. The van der Waals surface area contributed by atoms with Gasteiger partial charge < -0.3 is 19.7 Å². The molecule has 0 bridgehead atoms. The Morgan fingerprint density at radius 3 is 2.56 bits per heavy atom. The summed E-state index contributed by atoms with van der Waals surface area (Å²) in [6, 6.07) is 12.7. The molecule has 2 aromatic carbocycles. The zero-order valence-electron chi connectivity index (χ0n) is 28.4. The van der Waals surface area contributed by atoms with E-state index >= 15 is 0 Å². The van der Waals surface area contributed by atoms with Crippen LogP contribution in [0.25, 0.3) is 22.2 Å². The molecule has 270 valence electrons. The number of H-pyrrole nitrogens is 1. The maximum atomic E-state index is 13.9. The molecule has 1 unspecified atom stereocenters. The molecule has 11 nitrogen and oxygen atoms in total. The highest BCUT2D eigenvalue weighted by atomic mass is 35.5. The quantitative estimate of drug-likeness (QED) is 0.215. The summed E-state index contributed by atoms with van der Waals surface area (Å²) in [5.41, 5.74) is 5.49. The molecule has 0 radical (unpaired) electrons. The van der Waals surface area contributed by atoms with Gasteiger partial charge in [-0.2, -0.15) is 0 Å². The fraction of sp³-hybridized carbons (Fsp3) is 0.395. The highest BCUT2D eigenvalue weighted by molar-refractivity contribution is 6.38. The van der Waals surface area contributed by atoms with E-state index in [1.165, 1.54) is 6.20 Å². The number of alkyl halides is 2. The van der Waals surface area contributed by atoms with E-state index in [9.17, 15) is 28.0 Å². The van der Waals surface area contributed by atoms with E-state index in [-0.39, 0.29) is 24.3 Å². The van der Waals surface area contributed by atoms with Crippen LogP contribution in [-0.2, 0) is 22.6 Å². The topological polar surface area (TPSA) is 122 Å². The van der Waals surface area contributed by atoms with Crippen LogP contribution in [0.15, 0.2) is 54.9 Å². The van der Waals surface area contributed by atoms with Crippen molar-refractivity contribution in [2.24, 2.45) is 5.92 Å². The van der Waals surface area contributed by atoms with Gasteiger partial charge in [0.2, 0.25) is 18.2 Å². The van der Waals surface area contributed by atoms with Crippen LogP contribution in [0.1, 0.15) is 53.6 Å². The number of pyridine rings is 1. The lowest BCUT2D eigenvalue weighted by atomic mass is 9.95. The number of fused-ring (bicyclic) bond motifs is 2. The SMILES string of the molecule is O=C1CCC(N2Cc3cc(N4CCC(CN5CCCN(c6cccc(-c7cnc8[nH]cc(CC(F)F)c8c7Cl)c6)C5=O)CC4)ccc3C2=O)C(=O)N1. The zero-order valence-corrected chi connectivity index (χ0v) is 29.2. The van der Waals surface area contributed by atoms with Gasteiger partial charge in [0.25, 0.3) is 5.91 Å². The summed E-state index contributed by atoms with van der Waals surface area (Å²) in [7, 11) is 0. The minimum Gasteiger partial charge on any atom is -0.372 e. The molecule has 52 heavy (non-hydrogen) atoms. The van der Waals surface area contributed by atoms with E-state index in [0.717, 1.165) is 54.9 Å². The van der Waals surface area contributed by atoms with Gasteiger partial charge in [0.15, 0.2) is 0 Å². The molecular weight excluding hydrogens is 692 g/mol. The minimum absolute atomic E-state index is 0.0424. The fourth-order valence-electron chi connectivity index (χ4n) is 8.12. The standard InChI is InChI=1S/C38H38ClF2N7O4/c39-34-29(19-43-35-33(34)24(18-42-35)17-31(40)41)23-3-1-4-27(15-23)47-12-2-11-46(38(47)52)20-22-9-13-45(14-10-22)26-5-6-28-25(16-26)21-48(37(28)51)30-7-8-32(49)44-36(30)50/h1,3-6,15-16,18-19,22,30-31H,2,7-14,17,20-21H2,(H,42,43)(H,44,49,50). The number of urea groups is 1. The fourth-order valence-corrected chi connectivity index (χ4v) is 8.49. The number of rotatable bonds is 8. The Morgan fingerprint density at radius 1 is 0.942 bits per heavy atom. The third-order valence-electron chi connectivity index (χ3n) is 10.8. The Bertz CT molecular complexity index is 2080. The maximum absolute atomic E-state index is 13.9. The van der Waals surface area contributed by atoms with Crippen LogP contribution >= 0.6 is 11.6 Å². The molecule has 2 N–H and O–H groups in total. The van der Waals surface area contributed by atoms with E-state index < -0.39 is 24.8 Å². The molecule has 0 aliphatic carbocycles. The van der Waals surface area contributed by atoms with Gasteiger partial charge >= 0.3 is 6.03 Å². The number of hydrogen-bond acceptors (Lipinski definition) is 6. The Morgan fingerprint density at radius 2 is 1.77 bits per heavy atom. The van der Waals surface area contributed by atoms with Gasteiger partial charge in [0.1, 0.15) is 11.7 Å². The second kappa shape index (κ2) is 13.8. The van der Waals surface area contributed by atoms with Crippen molar-refractivity contribution in [2.45, 2.75) is 57.5 Å². The summed E-state index contributed by atoms with van der Waals surface area (Å²) < 4.78 is 26.4. The van der Waals surface area contributed by atoms with Crippen LogP contribution in [-0.4, -0.2) is 88.7 Å². The van der Waals surface area contributed by atoms with E-state index in [4.69, 9.17) is 11.6 Å². The number of carbonyl (C=O) groups excluding carboxylic acids is 4.